The Hall–Kier alpha value is -3.16. The molecular formula is C29H26F2N2O5S3. The van der Waals surface area contributed by atoms with E-state index in [1.165, 1.54) is 35.2 Å². The van der Waals surface area contributed by atoms with E-state index in [-0.39, 0.29) is 11.5 Å². The van der Waals surface area contributed by atoms with Crippen molar-refractivity contribution in [1.82, 2.24) is 9.80 Å². The number of aromatic carboxylic acids is 1. The highest BCUT2D eigenvalue weighted by molar-refractivity contribution is 8.26. The molecule has 2 fully saturated rings. The molecule has 41 heavy (non-hydrogen) atoms. The van der Waals surface area contributed by atoms with Gasteiger partial charge in [-0.05, 0) is 65.4 Å². The first kappa shape index (κ1) is 29.3. The summed E-state index contributed by atoms with van der Waals surface area (Å²) in [5, 5.41) is 11.2. The summed E-state index contributed by atoms with van der Waals surface area (Å²) in [6.45, 7) is 4.04. The number of thiophene rings is 1. The number of thiocarbonyl (C=S) groups is 1. The molecule has 5 rings (SSSR count). The molecule has 3 aromatic rings. The zero-order chi connectivity index (χ0) is 28.9. The third-order valence-corrected chi connectivity index (χ3v) is 8.87. The fraction of sp³-hybridized carbons (Fsp3) is 0.276. The van der Waals surface area contributed by atoms with Crippen LogP contribution in [0, 0.1) is 11.6 Å². The van der Waals surface area contributed by atoms with Gasteiger partial charge in [-0.25, -0.2) is 13.6 Å². The van der Waals surface area contributed by atoms with Crippen molar-refractivity contribution in [3.05, 3.63) is 80.4 Å². The number of hydrogen-bond donors (Lipinski definition) is 1. The minimum atomic E-state index is -0.995. The predicted molar refractivity (Wildman–Crippen MR) is 159 cm³/mol. The summed E-state index contributed by atoms with van der Waals surface area (Å²) >= 11 is 8.07. The van der Waals surface area contributed by atoms with Crippen LogP contribution in [-0.2, 0) is 16.1 Å². The fourth-order valence-electron chi connectivity index (χ4n) is 4.46. The molecule has 7 nitrogen and oxygen atoms in total. The number of carboxylic acids is 1. The first-order valence-electron chi connectivity index (χ1n) is 12.9. The Morgan fingerprint density at radius 1 is 1.10 bits per heavy atom. The topological polar surface area (TPSA) is 79.3 Å². The van der Waals surface area contributed by atoms with Gasteiger partial charge < -0.3 is 14.6 Å². The number of amides is 1. The van der Waals surface area contributed by atoms with Gasteiger partial charge >= 0.3 is 5.97 Å². The smallest absolute Gasteiger partial charge is 0.335 e. The van der Waals surface area contributed by atoms with Crippen LogP contribution in [0.3, 0.4) is 0 Å². The van der Waals surface area contributed by atoms with Crippen molar-refractivity contribution in [2.24, 2.45) is 0 Å². The summed E-state index contributed by atoms with van der Waals surface area (Å²) in [5.41, 5.74) is 2.28. The first-order chi connectivity index (χ1) is 19.8. The first-order valence-corrected chi connectivity index (χ1v) is 15.0. The molecule has 0 aliphatic carbocycles. The van der Waals surface area contributed by atoms with E-state index in [9.17, 15) is 23.5 Å². The van der Waals surface area contributed by atoms with Crippen LogP contribution in [0.2, 0.25) is 0 Å². The molecule has 0 unspecified atom stereocenters. The van der Waals surface area contributed by atoms with E-state index in [0.29, 0.717) is 59.9 Å². The second kappa shape index (κ2) is 13.2. The lowest BCUT2D eigenvalue weighted by atomic mass is 10.1. The number of carbonyl (C=O) groups excluding carboxylic acids is 1. The van der Waals surface area contributed by atoms with Crippen LogP contribution in [0.15, 0.2) is 52.7 Å². The van der Waals surface area contributed by atoms with Gasteiger partial charge in [-0.2, -0.15) is 0 Å². The van der Waals surface area contributed by atoms with Gasteiger partial charge in [0.2, 0.25) is 0 Å². The molecule has 1 N–H and O–H groups in total. The number of carboxylic acid groups (broad SMARTS) is 1. The number of benzene rings is 2. The van der Waals surface area contributed by atoms with E-state index in [2.05, 4.69) is 4.90 Å². The van der Waals surface area contributed by atoms with Gasteiger partial charge in [0.25, 0.3) is 5.91 Å². The number of halogens is 2. The molecule has 0 radical (unpaired) electrons. The van der Waals surface area contributed by atoms with Crippen LogP contribution >= 0.6 is 35.3 Å². The maximum Gasteiger partial charge on any atom is 0.335 e. The molecule has 1 aromatic heterocycles. The van der Waals surface area contributed by atoms with Gasteiger partial charge in [-0.3, -0.25) is 14.6 Å². The highest BCUT2D eigenvalue weighted by Gasteiger charge is 2.31. The Bertz CT molecular complexity index is 1500. The lowest BCUT2D eigenvalue weighted by molar-refractivity contribution is -0.122. The normalized spacial score (nSPS) is 17.0. The van der Waals surface area contributed by atoms with Crippen molar-refractivity contribution in [3.63, 3.8) is 0 Å². The second-order valence-electron chi connectivity index (χ2n) is 9.42. The zero-order valence-electron chi connectivity index (χ0n) is 21.8. The van der Waals surface area contributed by atoms with Gasteiger partial charge in [-0.15, -0.1) is 11.3 Å². The van der Waals surface area contributed by atoms with Gasteiger partial charge in [0.05, 0.1) is 30.3 Å². The van der Waals surface area contributed by atoms with Crippen LogP contribution in [0.5, 0.6) is 5.75 Å². The van der Waals surface area contributed by atoms with Crippen LogP contribution < -0.4 is 4.74 Å². The fourth-order valence-corrected chi connectivity index (χ4v) is 6.68. The molecule has 0 bridgehead atoms. The number of carbonyl (C=O) groups is 2. The molecular weight excluding hydrogens is 591 g/mol. The summed E-state index contributed by atoms with van der Waals surface area (Å²) in [4.78, 5) is 29.6. The molecule has 12 heteroatoms. The molecule has 2 aliphatic rings. The summed E-state index contributed by atoms with van der Waals surface area (Å²) in [6.07, 6.45) is 2.28. The molecule has 3 heterocycles. The van der Waals surface area contributed by atoms with E-state index < -0.39 is 17.6 Å². The van der Waals surface area contributed by atoms with Crippen LogP contribution in [0.1, 0.15) is 27.2 Å². The maximum atomic E-state index is 13.6. The SMILES string of the molecule is O=C(O)c1ccc(OCCCN2C(=O)C(=Cc3cc(-c4ccc(F)c(F)c4)cs3)SC2=S)c(CN2CCOCC2)c1. The molecule has 2 aliphatic heterocycles. The Labute approximate surface area is 249 Å². The summed E-state index contributed by atoms with van der Waals surface area (Å²) in [6, 6.07) is 10.4. The number of ether oxygens (including phenoxy) is 2. The van der Waals surface area contributed by atoms with Gasteiger partial charge in [0.1, 0.15) is 10.1 Å². The molecule has 0 saturated carbocycles. The molecule has 214 valence electrons. The number of morpholine rings is 1. The number of thioether (sulfide) groups is 1. The maximum absolute atomic E-state index is 13.6. The second-order valence-corrected chi connectivity index (χ2v) is 12.0. The predicted octanol–water partition coefficient (Wildman–Crippen LogP) is 5.89. The summed E-state index contributed by atoms with van der Waals surface area (Å²) in [5.74, 6) is -2.39. The molecule has 2 saturated heterocycles. The van der Waals surface area contributed by atoms with Crippen molar-refractivity contribution < 1.29 is 33.0 Å². The van der Waals surface area contributed by atoms with Crippen molar-refractivity contribution in [2.45, 2.75) is 13.0 Å². The zero-order valence-corrected chi connectivity index (χ0v) is 24.3. The molecule has 1 amide bonds. The Morgan fingerprint density at radius 3 is 2.66 bits per heavy atom. The van der Waals surface area contributed by atoms with Crippen molar-refractivity contribution in [2.75, 3.05) is 39.5 Å². The minimum Gasteiger partial charge on any atom is -0.493 e. The molecule has 2 aromatic carbocycles. The minimum absolute atomic E-state index is 0.193. The Balaban J connectivity index is 1.18. The number of nitrogens with zero attached hydrogens (tertiary/aromatic N) is 2. The van der Waals surface area contributed by atoms with Crippen molar-refractivity contribution in [3.8, 4) is 16.9 Å². The average molecular weight is 617 g/mol. The lowest BCUT2D eigenvalue weighted by Gasteiger charge is -2.27. The standard InChI is InChI=1S/C29H26F2N2O5S3/c30-23-4-2-18(14-24(23)31)21-13-22(40-17-21)15-26-27(34)33(29(39)41-26)6-1-9-38-25-5-3-19(28(35)36)12-20(25)16-32-7-10-37-11-8-32/h2-5,12-15,17H,1,6-11,16H2,(H,35,36). The quantitative estimate of drug-likeness (QED) is 0.172. The van der Waals surface area contributed by atoms with E-state index >= 15 is 0 Å². The average Bonchev–Trinajstić information content (AvgIpc) is 3.53. The van der Waals surface area contributed by atoms with Crippen LogP contribution in [0.4, 0.5) is 8.78 Å². The van der Waals surface area contributed by atoms with Crippen molar-refractivity contribution >= 4 is 57.6 Å². The highest BCUT2D eigenvalue weighted by Crippen LogP contribution is 2.35. The van der Waals surface area contributed by atoms with Gasteiger partial charge in [-0.1, -0.05) is 30.0 Å². The Kier molecular flexibility index (Phi) is 9.46. The summed E-state index contributed by atoms with van der Waals surface area (Å²) in [7, 11) is 0. The number of rotatable bonds is 10. The van der Waals surface area contributed by atoms with Gasteiger partial charge in [0.15, 0.2) is 11.6 Å². The third-order valence-electron chi connectivity index (χ3n) is 6.61. The van der Waals surface area contributed by atoms with E-state index in [1.807, 2.05) is 11.4 Å². The van der Waals surface area contributed by atoms with E-state index in [4.69, 9.17) is 21.7 Å². The Morgan fingerprint density at radius 2 is 1.90 bits per heavy atom. The third kappa shape index (κ3) is 7.19. The molecule has 0 atom stereocenters. The lowest BCUT2D eigenvalue weighted by Crippen LogP contribution is -2.35. The largest absolute Gasteiger partial charge is 0.493 e. The highest BCUT2D eigenvalue weighted by atomic mass is 32.2. The van der Waals surface area contributed by atoms with E-state index in [0.717, 1.165) is 41.2 Å². The number of hydrogen-bond acceptors (Lipinski definition) is 8. The molecule has 0 spiro atoms. The van der Waals surface area contributed by atoms with Crippen LogP contribution in [-0.4, -0.2) is 70.6 Å². The van der Waals surface area contributed by atoms with Crippen LogP contribution in [0.25, 0.3) is 17.2 Å². The van der Waals surface area contributed by atoms with Gasteiger partial charge in [0, 0.05) is 36.6 Å². The van der Waals surface area contributed by atoms with E-state index in [1.54, 1.807) is 23.1 Å². The van der Waals surface area contributed by atoms with Crippen molar-refractivity contribution in [1.29, 1.82) is 0 Å². The summed E-state index contributed by atoms with van der Waals surface area (Å²) < 4.78 is 38.8. The monoisotopic (exact) mass is 616 g/mol.